The van der Waals surface area contributed by atoms with E-state index in [-0.39, 0.29) is 0 Å². The van der Waals surface area contributed by atoms with Gasteiger partial charge in [0.15, 0.2) is 0 Å². The summed E-state index contributed by atoms with van der Waals surface area (Å²) in [4.78, 5) is 4.42. The van der Waals surface area contributed by atoms with Gasteiger partial charge in [0.2, 0.25) is 5.88 Å². The maximum absolute atomic E-state index is 6.38. The van der Waals surface area contributed by atoms with Gasteiger partial charge in [-0.3, -0.25) is 0 Å². The molecular weight excluding hydrogens is 414 g/mol. The Labute approximate surface area is 192 Å². The van der Waals surface area contributed by atoms with Crippen LogP contribution < -0.4 is 14.2 Å². The van der Waals surface area contributed by atoms with Crippen LogP contribution in [0.4, 0.5) is 0 Å². The van der Waals surface area contributed by atoms with Crippen molar-refractivity contribution < 1.29 is 18.6 Å². The number of nitrogens with zero attached hydrogens (tertiary/aromatic N) is 1. The van der Waals surface area contributed by atoms with E-state index >= 15 is 0 Å². The number of hydrogen-bond donors (Lipinski definition) is 0. The first kappa shape index (κ1) is 20.6. The van der Waals surface area contributed by atoms with Crippen LogP contribution in [0.15, 0.2) is 89.5 Å². The van der Waals surface area contributed by atoms with Gasteiger partial charge in [-0.2, -0.15) is 0 Å². The van der Waals surface area contributed by atoms with Crippen LogP contribution in [-0.4, -0.2) is 26.3 Å². The van der Waals surface area contributed by atoms with Crippen LogP contribution in [0.25, 0.3) is 44.5 Å². The number of furan rings is 1. The molecule has 33 heavy (non-hydrogen) atoms. The predicted molar refractivity (Wildman–Crippen MR) is 130 cm³/mol. The van der Waals surface area contributed by atoms with E-state index in [9.17, 15) is 0 Å². The van der Waals surface area contributed by atoms with Crippen molar-refractivity contribution in [3.8, 4) is 51.0 Å². The number of benzene rings is 3. The summed E-state index contributed by atoms with van der Waals surface area (Å²) in [5.74, 6) is 2.97. The summed E-state index contributed by atoms with van der Waals surface area (Å²) in [5.41, 5.74) is 5.90. The minimum atomic E-state index is 0.566. The second-order valence-corrected chi connectivity index (χ2v) is 7.56. The van der Waals surface area contributed by atoms with Gasteiger partial charge in [-0.15, -0.1) is 0 Å². The summed E-state index contributed by atoms with van der Waals surface area (Å²) < 4.78 is 22.2. The maximum atomic E-state index is 6.38. The predicted octanol–water partition coefficient (Wildman–Crippen LogP) is 6.85. The highest BCUT2D eigenvalue weighted by Crippen LogP contribution is 2.42. The lowest BCUT2D eigenvalue weighted by atomic mass is 9.97. The molecule has 0 N–H and O–H groups in total. The highest BCUT2D eigenvalue weighted by Gasteiger charge is 2.19. The van der Waals surface area contributed by atoms with Crippen molar-refractivity contribution in [1.29, 1.82) is 0 Å². The molecule has 5 aromatic rings. The molecular formula is C28H23NO4. The first-order valence-corrected chi connectivity index (χ1v) is 10.6. The Hall–Kier alpha value is -4.25. The average molecular weight is 437 g/mol. The maximum Gasteiger partial charge on any atom is 0.212 e. The molecule has 0 aliphatic rings. The number of hydrogen-bond acceptors (Lipinski definition) is 5. The normalized spacial score (nSPS) is 10.9. The number of aromatic nitrogens is 1. The van der Waals surface area contributed by atoms with Gasteiger partial charge in [0.1, 0.15) is 22.8 Å². The van der Waals surface area contributed by atoms with E-state index in [0.717, 1.165) is 56.0 Å². The summed E-state index contributed by atoms with van der Waals surface area (Å²) >= 11 is 0. The van der Waals surface area contributed by atoms with Crippen molar-refractivity contribution >= 4 is 11.0 Å². The van der Waals surface area contributed by atoms with E-state index in [2.05, 4.69) is 29.2 Å². The van der Waals surface area contributed by atoms with Crippen molar-refractivity contribution in [2.75, 3.05) is 21.3 Å². The molecule has 0 bridgehead atoms. The van der Waals surface area contributed by atoms with E-state index in [1.807, 2.05) is 60.8 Å². The minimum Gasteiger partial charge on any atom is -0.497 e. The van der Waals surface area contributed by atoms with E-state index in [0.29, 0.717) is 5.88 Å². The molecule has 0 saturated carbocycles. The molecule has 0 atom stereocenters. The fraction of sp³-hybridized carbons (Fsp3) is 0.107. The van der Waals surface area contributed by atoms with Crippen LogP contribution in [0.5, 0.6) is 17.4 Å². The highest BCUT2D eigenvalue weighted by atomic mass is 16.5. The Balaban J connectivity index is 1.70. The number of methoxy groups -OCH3 is 3. The molecule has 0 fully saturated rings. The first-order valence-electron chi connectivity index (χ1n) is 10.6. The smallest absolute Gasteiger partial charge is 0.212 e. The number of fused-ring (bicyclic) bond motifs is 1. The van der Waals surface area contributed by atoms with Crippen molar-refractivity contribution in [3.63, 3.8) is 0 Å². The summed E-state index contributed by atoms with van der Waals surface area (Å²) in [6, 6.07) is 26.0. The molecule has 164 valence electrons. The zero-order valence-electron chi connectivity index (χ0n) is 18.7. The van der Waals surface area contributed by atoms with Crippen molar-refractivity contribution in [1.82, 2.24) is 4.98 Å². The Morgan fingerprint density at radius 2 is 1.21 bits per heavy atom. The minimum absolute atomic E-state index is 0.566. The molecule has 0 saturated heterocycles. The van der Waals surface area contributed by atoms with Gasteiger partial charge < -0.3 is 18.6 Å². The topological polar surface area (TPSA) is 53.7 Å². The second-order valence-electron chi connectivity index (χ2n) is 7.56. The highest BCUT2D eigenvalue weighted by molar-refractivity contribution is 6.03. The van der Waals surface area contributed by atoms with Gasteiger partial charge >= 0.3 is 0 Å². The number of pyridine rings is 1. The average Bonchev–Trinajstić information content (AvgIpc) is 3.27. The molecule has 0 unspecified atom stereocenters. The Kier molecular flexibility index (Phi) is 5.45. The largest absolute Gasteiger partial charge is 0.497 e. The number of rotatable bonds is 6. The van der Waals surface area contributed by atoms with E-state index in [4.69, 9.17) is 18.6 Å². The lowest BCUT2D eigenvalue weighted by Crippen LogP contribution is -1.88. The van der Waals surface area contributed by atoms with Crippen molar-refractivity contribution in [2.24, 2.45) is 0 Å². The first-order chi connectivity index (χ1) is 16.2. The summed E-state index contributed by atoms with van der Waals surface area (Å²) in [6.07, 6.45) is 1.82. The molecule has 0 radical (unpaired) electrons. The monoisotopic (exact) mass is 437 g/mol. The molecule has 0 amide bonds. The van der Waals surface area contributed by atoms with Crippen LogP contribution in [0.1, 0.15) is 0 Å². The molecule has 5 heteroatoms. The standard InChI is InChI=1S/C28H23NO4/c1-30-22-10-4-18(5-11-22)20-8-14-25-24(16-20)27(21-9-15-26(32-3)29-17-21)28(33-25)19-6-12-23(31-2)13-7-19/h4-17H,1-3H3. The fourth-order valence-corrected chi connectivity index (χ4v) is 3.94. The van der Waals surface area contributed by atoms with Crippen molar-refractivity contribution in [2.45, 2.75) is 0 Å². The Bertz CT molecular complexity index is 1390. The van der Waals surface area contributed by atoms with Crippen LogP contribution in [-0.2, 0) is 0 Å². The Morgan fingerprint density at radius 1 is 0.606 bits per heavy atom. The van der Waals surface area contributed by atoms with E-state index < -0.39 is 0 Å². The van der Waals surface area contributed by atoms with Crippen LogP contribution in [0, 0.1) is 0 Å². The quantitative estimate of drug-likeness (QED) is 0.291. The Morgan fingerprint density at radius 3 is 1.79 bits per heavy atom. The molecule has 0 spiro atoms. The summed E-state index contributed by atoms with van der Waals surface area (Å²) in [5, 5.41) is 1.01. The zero-order valence-corrected chi connectivity index (χ0v) is 18.7. The van der Waals surface area contributed by atoms with Gasteiger partial charge in [-0.25, -0.2) is 4.98 Å². The molecule has 2 aromatic heterocycles. The fourth-order valence-electron chi connectivity index (χ4n) is 3.94. The molecule has 0 aliphatic carbocycles. The SMILES string of the molecule is COc1ccc(-c2ccc3oc(-c4ccc(OC)cc4)c(-c4ccc(OC)nc4)c3c2)cc1. The molecule has 3 aromatic carbocycles. The molecule has 5 nitrogen and oxygen atoms in total. The second kappa shape index (κ2) is 8.71. The third kappa shape index (κ3) is 3.89. The molecule has 2 heterocycles. The van der Waals surface area contributed by atoms with Gasteiger partial charge in [-0.1, -0.05) is 18.2 Å². The van der Waals surface area contributed by atoms with Gasteiger partial charge in [-0.05, 0) is 65.7 Å². The molecule has 5 rings (SSSR count). The lowest BCUT2D eigenvalue weighted by Gasteiger charge is -2.07. The summed E-state index contributed by atoms with van der Waals surface area (Å²) in [6.45, 7) is 0. The van der Waals surface area contributed by atoms with Gasteiger partial charge in [0, 0.05) is 34.3 Å². The zero-order chi connectivity index (χ0) is 22.8. The number of ether oxygens (including phenoxy) is 3. The van der Waals surface area contributed by atoms with E-state index in [1.54, 1.807) is 21.3 Å². The van der Waals surface area contributed by atoms with Gasteiger partial charge in [0.05, 0.1) is 21.3 Å². The van der Waals surface area contributed by atoms with Crippen LogP contribution in [0.2, 0.25) is 0 Å². The van der Waals surface area contributed by atoms with E-state index in [1.165, 1.54) is 0 Å². The third-order valence-electron chi connectivity index (χ3n) is 5.70. The molecule has 0 aliphatic heterocycles. The van der Waals surface area contributed by atoms with Crippen LogP contribution >= 0.6 is 0 Å². The third-order valence-corrected chi connectivity index (χ3v) is 5.70. The van der Waals surface area contributed by atoms with Gasteiger partial charge in [0.25, 0.3) is 0 Å². The van der Waals surface area contributed by atoms with Crippen LogP contribution in [0.3, 0.4) is 0 Å². The summed E-state index contributed by atoms with van der Waals surface area (Å²) in [7, 11) is 4.94. The lowest BCUT2D eigenvalue weighted by molar-refractivity contribution is 0.398. The van der Waals surface area contributed by atoms with Crippen molar-refractivity contribution in [3.05, 3.63) is 85.1 Å².